The van der Waals surface area contributed by atoms with E-state index in [0.717, 1.165) is 16.8 Å². The number of hydrogen-bond donors (Lipinski definition) is 1. The summed E-state index contributed by atoms with van der Waals surface area (Å²) in [5, 5.41) is 3.59. The van der Waals surface area contributed by atoms with Crippen molar-refractivity contribution in [3.63, 3.8) is 0 Å². The van der Waals surface area contributed by atoms with Crippen molar-refractivity contribution in [2.45, 2.75) is 33.4 Å². The highest BCUT2D eigenvalue weighted by molar-refractivity contribution is 6.31. The second-order valence-electron chi connectivity index (χ2n) is 6.41. The van der Waals surface area contributed by atoms with Crippen LogP contribution in [0.15, 0.2) is 36.4 Å². The van der Waals surface area contributed by atoms with Gasteiger partial charge in [-0.1, -0.05) is 23.7 Å². The van der Waals surface area contributed by atoms with E-state index in [2.05, 4.69) is 5.32 Å². The second-order valence-corrected chi connectivity index (χ2v) is 6.82. The van der Waals surface area contributed by atoms with Gasteiger partial charge in [0.15, 0.2) is 11.5 Å². The number of methoxy groups -OCH3 is 1. The molecule has 6 heteroatoms. The number of nitrogens with one attached hydrogen (secondary N) is 1. The number of halogens is 1. The maximum atomic E-state index is 12.6. The van der Waals surface area contributed by atoms with E-state index in [4.69, 9.17) is 21.1 Å². The molecule has 27 heavy (non-hydrogen) atoms. The van der Waals surface area contributed by atoms with Gasteiger partial charge in [-0.15, -0.1) is 0 Å². The number of nitrogens with zero attached hydrogens (tertiary/aromatic N) is 1. The Balaban J connectivity index is 2.05. The minimum Gasteiger partial charge on any atom is -0.493 e. The summed E-state index contributed by atoms with van der Waals surface area (Å²) >= 11 is 6.13. The number of benzene rings is 2. The van der Waals surface area contributed by atoms with Crippen LogP contribution >= 0.6 is 11.6 Å². The molecule has 0 fully saturated rings. The van der Waals surface area contributed by atoms with Crippen LogP contribution in [-0.2, 0) is 11.3 Å². The molecule has 1 N–H and O–H groups in total. The molecule has 0 aromatic heterocycles. The summed E-state index contributed by atoms with van der Waals surface area (Å²) in [5.41, 5.74) is 2.63. The molecule has 0 aliphatic heterocycles. The predicted octanol–water partition coefficient (Wildman–Crippen LogP) is 4.51. The van der Waals surface area contributed by atoms with Gasteiger partial charge in [0.25, 0.3) is 0 Å². The lowest BCUT2D eigenvalue weighted by Crippen LogP contribution is -2.39. The van der Waals surface area contributed by atoms with Crippen LogP contribution in [0.4, 0.5) is 5.69 Å². The molecule has 0 bridgehead atoms. The van der Waals surface area contributed by atoms with Gasteiger partial charge >= 0.3 is 0 Å². The molecule has 0 spiro atoms. The Labute approximate surface area is 166 Å². The fourth-order valence-corrected chi connectivity index (χ4v) is 2.86. The maximum Gasteiger partial charge on any atom is 0.241 e. The number of amides is 1. The Morgan fingerprint density at radius 1 is 1.26 bits per heavy atom. The SMILES string of the molecule is CCOc1ccc(CN(C)[C@@H](C)C(=O)Nc2cccc(Cl)c2C)cc1OC. The van der Waals surface area contributed by atoms with Crippen LogP contribution in [0, 0.1) is 6.92 Å². The van der Waals surface area contributed by atoms with Crippen molar-refractivity contribution in [3.8, 4) is 11.5 Å². The van der Waals surface area contributed by atoms with Crippen molar-refractivity contribution < 1.29 is 14.3 Å². The molecule has 0 heterocycles. The first-order valence-electron chi connectivity index (χ1n) is 8.93. The third-order valence-corrected chi connectivity index (χ3v) is 4.94. The maximum absolute atomic E-state index is 12.6. The van der Waals surface area contributed by atoms with E-state index < -0.39 is 0 Å². The molecule has 0 aliphatic rings. The van der Waals surface area contributed by atoms with Crippen LogP contribution in [0.3, 0.4) is 0 Å². The first-order chi connectivity index (χ1) is 12.9. The molecule has 1 amide bonds. The number of anilines is 1. The van der Waals surface area contributed by atoms with Crippen molar-refractivity contribution in [3.05, 3.63) is 52.5 Å². The molecule has 0 saturated heterocycles. The van der Waals surface area contributed by atoms with Crippen molar-refractivity contribution in [1.82, 2.24) is 4.90 Å². The van der Waals surface area contributed by atoms with Gasteiger partial charge in [0.05, 0.1) is 19.8 Å². The van der Waals surface area contributed by atoms with E-state index in [1.165, 1.54) is 0 Å². The van der Waals surface area contributed by atoms with Crippen molar-refractivity contribution in [2.24, 2.45) is 0 Å². The quantitative estimate of drug-likeness (QED) is 0.720. The number of carbonyl (C=O) groups is 1. The molecule has 2 aromatic carbocycles. The van der Waals surface area contributed by atoms with Crippen LogP contribution in [0.25, 0.3) is 0 Å². The average Bonchev–Trinajstić information content (AvgIpc) is 2.66. The third kappa shape index (κ3) is 5.37. The number of ether oxygens (including phenoxy) is 2. The molecule has 146 valence electrons. The number of carbonyl (C=O) groups excluding carboxylic acids is 1. The average molecular weight is 391 g/mol. The molecular weight excluding hydrogens is 364 g/mol. The molecule has 0 aliphatic carbocycles. The summed E-state index contributed by atoms with van der Waals surface area (Å²) in [6, 6.07) is 11.0. The molecule has 2 rings (SSSR count). The predicted molar refractivity (Wildman–Crippen MR) is 110 cm³/mol. The summed E-state index contributed by atoms with van der Waals surface area (Å²) in [6.07, 6.45) is 0. The lowest BCUT2D eigenvalue weighted by atomic mass is 10.1. The molecule has 0 saturated carbocycles. The van der Waals surface area contributed by atoms with Gasteiger partial charge in [0.1, 0.15) is 0 Å². The van der Waals surface area contributed by atoms with Crippen LogP contribution in [0.1, 0.15) is 25.0 Å². The monoisotopic (exact) mass is 390 g/mol. The van der Waals surface area contributed by atoms with Crippen LogP contribution in [0.5, 0.6) is 11.5 Å². The number of hydrogen-bond acceptors (Lipinski definition) is 4. The van der Waals surface area contributed by atoms with Gasteiger partial charge < -0.3 is 14.8 Å². The summed E-state index contributed by atoms with van der Waals surface area (Å²) in [6.45, 7) is 6.88. The van der Waals surface area contributed by atoms with Gasteiger partial charge in [0.2, 0.25) is 5.91 Å². The van der Waals surface area contributed by atoms with E-state index >= 15 is 0 Å². The first-order valence-corrected chi connectivity index (χ1v) is 9.31. The summed E-state index contributed by atoms with van der Waals surface area (Å²) in [4.78, 5) is 14.6. The summed E-state index contributed by atoms with van der Waals surface area (Å²) in [5.74, 6) is 1.32. The Kier molecular flexibility index (Phi) is 7.51. The van der Waals surface area contributed by atoms with Crippen LogP contribution in [-0.4, -0.2) is 37.6 Å². The zero-order valence-corrected chi connectivity index (χ0v) is 17.3. The topological polar surface area (TPSA) is 50.8 Å². The highest BCUT2D eigenvalue weighted by Crippen LogP contribution is 2.29. The molecule has 0 radical (unpaired) electrons. The zero-order chi connectivity index (χ0) is 20.0. The lowest BCUT2D eigenvalue weighted by molar-refractivity contribution is -0.120. The fraction of sp³-hybridized carbons (Fsp3) is 0.381. The van der Waals surface area contributed by atoms with Crippen molar-refractivity contribution in [2.75, 3.05) is 26.1 Å². The minimum absolute atomic E-state index is 0.0826. The van der Waals surface area contributed by atoms with E-state index in [0.29, 0.717) is 29.7 Å². The van der Waals surface area contributed by atoms with Crippen LogP contribution < -0.4 is 14.8 Å². The first kappa shape index (κ1) is 21.1. The smallest absolute Gasteiger partial charge is 0.241 e. The van der Waals surface area contributed by atoms with Crippen molar-refractivity contribution in [1.29, 1.82) is 0 Å². The van der Waals surface area contributed by atoms with E-state index in [-0.39, 0.29) is 11.9 Å². The molecular formula is C21H27ClN2O3. The summed E-state index contributed by atoms with van der Waals surface area (Å²) < 4.78 is 10.9. The van der Waals surface area contributed by atoms with Crippen LogP contribution in [0.2, 0.25) is 5.02 Å². The highest BCUT2D eigenvalue weighted by atomic mass is 35.5. The second kappa shape index (κ2) is 9.62. The fourth-order valence-electron chi connectivity index (χ4n) is 2.69. The standard InChI is InChI=1S/C21H27ClN2O3/c1-6-27-19-11-10-16(12-20(19)26-5)13-24(4)15(3)21(25)23-18-9-7-8-17(22)14(18)2/h7-12,15H,6,13H2,1-5H3,(H,23,25)/t15-/m0/s1. The Hall–Kier alpha value is -2.24. The largest absolute Gasteiger partial charge is 0.493 e. The van der Waals surface area contributed by atoms with Gasteiger partial charge in [0, 0.05) is 17.3 Å². The normalized spacial score (nSPS) is 12.0. The Morgan fingerprint density at radius 3 is 2.67 bits per heavy atom. The molecule has 1 atom stereocenters. The lowest BCUT2D eigenvalue weighted by Gasteiger charge is -2.24. The molecule has 2 aromatic rings. The highest BCUT2D eigenvalue weighted by Gasteiger charge is 2.19. The third-order valence-electron chi connectivity index (χ3n) is 4.53. The van der Waals surface area contributed by atoms with E-state index in [1.807, 2.05) is 63.1 Å². The number of likely N-dealkylation sites (N-methyl/N-ethyl adjacent to an activating group) is 1. The zero-order valence-electron chi connectivity index (χ0n) is 16.5. The van der Waals surface area contributed by atoms with Gasteiger partial charge in [-0.3, -0.25) is 9.69 Å². The van der Waals surface area contributed by atoms with E-state index in [9.17, 15) is 4.79 Å². The Morgan fingerprint density at radius 2 is 2.00 bits per heavy atom. The Bertz CT molecular complexity index is 795. The van der Waals surface area contributed by atoms with Gasteiger partial charge in [-0.2, -0.15) is 0 Å². The minimum atomic E-state index is -0.319. The molecule has 0 unspecified atom stereocenters. The van der Waals surface area contributed by atoms with E-state index in [1.54, 1.807) is 13.2 Å². The van der Waals surface area contributed by atoms with Gasteiger partial charge in [-0.25, -0.2) is 0 Å². The number of rotatable bonds is 8. The summed E-state index contributed by atoms with van der Waals surface area (Å²) in [7, 11) is 3.53. The van der Waals surface area contributed by atoms with Crippen molar-refractivity contribution >= 4 is 23.2 Å². The van der Waals surface area contributed by atoms with Gasteiger partial charge in [-0.05, 0) is 63.2 Å². The molecule has 5 nitrogen and oxygen atoms in total.